The van der Waals surface area contributed by atoms with Crippen LogP contribution in [-0.4, -0.2) is 38.2 Å². The van der Waals surface area contributed by atoms with E-state index < -0.39 is 11.9 Å². The average molecular weight is 243 g/mol. The van der Waals surface area contributed by atoms with Gasteiger partial charge in [0, 0.05) is 19.3 Å². The second kappa shape index (κ2) is 6.59. The van der Waals surface area contributed by atoms with E-state index >= 15 is 0 Å². The van der Waals surface area contributed by atoms with Crippen LogP contribution in [-0.2, 0) is 19.1 Å². The molecule has 1 aliphatic rings. The quantitative estimate of drug-likeness (QED) is 0.584. The summed E-state index contributed by atoms with van der Waals surface area (Å²) in [4.78, 5) is 23.5. The molecule has 5 heteroatoms. The van der Waals surface area contributed by atoms with Crippen molar-refractivity contribution in [3.05, 3.63) is 0 Å². The predicted octanol–water partition coefficient (Wildman–Crippen LogP) is 0.727. The molecule has 1 rings (SSSR count). The third-order valence-electron chi connectivity index (χ3n) is 2.97. The molecule has 1 fully saturated rings. The molecule has 0 spiro atoms. The van der Waals surface area contributed by atoms with Gasteiger partial charge in [-0.2, -0.15) is 0 Å². The van der Waals surface area contributed by atoms with Crippen LogP contribution in [0.3, 0.4) is 0 Å². The van der Waals surface area contributed by atoms with Crippen LogP contribution in [0.1, 0.15) is 26.7 Å². The molecule has 98 valence electrons. The van der Waals surface area contributed by atoms with Crippen molar-refractivity contribution >= 4 is 11.9 Å². The molecular formula is C12H21NO4. The highest BCUT2D eigenvalue weighted by Crippen LogP contribution is 2.15. The highest BCUT2D eigenvalue weighted by molar-refractivity contribution is 5.98. The van der Waals surface area contributed by atoms with Crippen LogP contribution < -0.4 is 5.32 Å². The minimum atomic E-state index is -0.720. The fourth-order valence-corrected chi connectivity index (χ4v) is 1.94. The lowest BCUT2D eigenvalue weighted by Gasteiger charge is -2.26. The van der Waals surface area contributed by atoms with Crippen LogP contribution in [0.5, 0.6) is 0 Å². The number of carbonyl (C=O) groups is 2. The van der Waals surface area contributed by atoms with Gasteiger partial charge in [0.05, 0.1) is 7.11 Å². The van der Waals surface area contributed by atoms with Gasteiger partial charge in [0.1, 0.15) is 5.92 Å². The number of hydrogen-bond acceptors (Lipinski definition) is 4. The number of rotatable bonds is 4. The average Bonchev–Trinajstić information content (AvgIpc) is 2.29. The van der Waals surface area contributed by atoms with E-state index in [1.165, 1.54) is 7.11 Å². The first kappa shape index (κ1) is 14.0. The topological polar surface area (TPSA) is 64.6 Å². The standard InChI is InChI=1S/C12H21NO4/c1-8(2)10(12(15)16-3)11(14)13-9-4-6-17-7-5-9/h8-10H,4-7H2,1-3H3,(H,13,14). The number of carbonyl (C=O) groups excluding carboxylic acids is 2. The Balaban J connectivity index is 2.55. The van der Waals surface area contributed by atoms with E-state index in [0.29, 0.717) is 13.2 Å². The van der Waals surface area contributed by atoms with E-state index in [4.69, 9.17) is 4.74 Å². The van der Waals surface area contributed by atoms with Crippen LogP contribution in [0.2, 0.25) is 0 Å². The minimum Gasteiger partial charge on any atom is -0.468 e. The molecule has 1 aliphatic heterocycles. The smallest absolute Gasteiger partial charge is 0.318 e. The summed E-state index contributed by atoms with van der Waals surface area (Å²) in [6, 6.07) is 0.113. The summed E-state index contributed by atoms with van der Waals surface area (Å²) in [6.45, 7) is 5.00. The van der Waals surface area contributed by atoms with Crippen molar-refractivity contribution in [2.45, 2.75) is 32.7 Å². The maximum absolute atomic E-state index is 12.0. The summed E-state index contributed by atoms with van der Waals surface area (Å²) >= 11 is 0. The summed E-state index contributed by atoms with van der Waals surface area (Å²) in [5, 5.41) is 2.90. The van der Waals surface area contributed by atoms with Crippen molar-refractivity contribution in [3.8, 4) is 0 Å². The maximum Gasteiger partial charge on any atom is 0.318 e. The Morgan fingerprint density at radius 2 is 1.88 bits per heavy atom. The Hall–Kier alpha value is -1.10. The fourth-order valence-electron chi connectivity index (χ4n) is 1.94. The highest BCUT2D eigenvalue weighted by Gasteiger charge is 2.32. The summed E-state index contributed by atoms with van der Waals surface area (Å²) < 4.78 is 9.87. The zero-order valence-electron chi connectivity index (χ0n) is 10.7. The third-order valence-corrected chi connectivity index (χ3v) is 2.97. The summed E-state index contributed by atoms with van der Waals surface area (Å²) in [5.41, 5.74) is 0. The lowest BCUT2D eigenvalue weighted by atomic mass is 9.94. The van der Waals surface area contributed by atoms with Gasteiger partial charge in [-0.05, 0) is 18.8 Å². The Morgan fingerprint density at radius 1 is 1.29 bits per heavy atom. The van der Waals surface area contributed by atoms with Crippen molar-refractivity contribution in [2.75, 3.05) is 20.3 Å². The van der Waals surface area contributed by atoms with Crippen molar-refractivity contribution in [1.29, 1.82) is 0 Å². The first-order chi connectivity index (χ1) is 8.06. The van der Waals surface area contributed by atoms with Crippen LogP contribution in [0.4, 0.5) is 0 Å². The molecule has 1 heterocycles. The lowest BCUT2D eigenvalue weighted by molar-refractivity contribution is -0.152. The number of amides is 1. The SMILES string of the molecule is COC(=O)C(C(=O)NC1CCOCC1)C(C)C. The Labute approximate surface area is 102 Å². The van der Waals surface area contributed by atoms with Gasteiger partial charge in [-0.15, -0.1) is 0 Å². The second-order valence-electron chi connectivity index (χ2n) is 4.64. The zero-order valence-corrected chi connectivity index (χ0v) is 10.7. The number of nitrogens with one attached hydrogen (secondary N) is 1. The van der Waals surface area contributed by atoms with Crippen molar-refractivity contribution < 1.29 is 19.1 Å². The molecule has 17 heavy (non-hydrogen) atoms. The normalized spacial score (nSPS) is 18.8. The maximum atomic E-state index is 12.0. The molecule has 1 saturated heterocycles. The molecule has 1 amide bonds. The Kier molecular flexibility index (Phi) is 5.41. The molecule has 1 N–H and O–H groups in total. The number of methoxy groups -OCH3 is 1. The Morgan fingerprint density at radius 3 is 2.35 bits per heavy atom. The molecule has 5 nitrogen and oxygen atoms in total. The van der Waals surface area contributed by atoms with Crippen molar-refractivity contribution in [1.82, 2.24) is 5.32 Å². The van der Waals surface area contributed by atoms with Crippen molar-refractivity contribution in [2.24, 2.45) is 11.8 Å². The molecule has 0 aliphatic carbocycles. The Bertz CT molecular complexity index is 272. The van der Waals surface area contributed by atoms with E-state index in [9.17, 15) is 9.59 Å². The largest absolute Gasteiger partial charge is 0.468 e. The van der Waals surface area contributed by atoms with E-state index in [1.54, 1.807) is 0 Å². The lowest BCUT2D eigenvalue weighted by Crippen LogP contribution is -2.45. The molecule has 0 radical (unpaired) electrons. The van der Waals surface area contributed by atoms with Gasteiger partial charge < -0.3 is 14.8 Å². The molecule has 1 atom stereocenters. The van der Waals surface area contributed by atoms with Crippen LogP contribution in [0, 0.1) is 11.8 Å². The highest BCUT2D eigenvalue weighted by atomic mass is 16.5. The van der Waals surface area contributed by atoms with Gasteiger partial charge in [0.2, 0.25) is 5.91 Å². The summed E-state index contributed by atoms with van der Waals surface area (Å²) in [7, 11) is 1.31. The first-order valence-corrected chi connectivity index (χ1v) is 6.02. The van der Waals surface area contributed by atoms with Crippen molar-refractivity contribution in [3.63, 3.8) is 0 Å². The van der Waals surface area contributed by atoms with E-state index in [-0.39, 0.29) is 17.9 Å². The summed E-state index contributed by atoms with van der Waals surface area (Å²) in [6.07, 6.45) is 1.61. The van der Waals surface area contributed by atoms with Gasteiger partial charge >= 0.3 is 5.97 Å². The van der Waals surface area contributed by atoms with Crippen LogP contribution >= 0.6 is 0 Å². The first-order valence-electron chi connectivity index (χ1n) is 6.02. The van der Waals surface area contributed by atoms with E-state index in [1.807, 2.05) is 13.8 Å². The van der Waals surface area contributed by atoms with Crippen LogP contribution in [0.25, 0.3) is 0 Å². The molecule has 0 saturated carbocycles. The monoisotopic (exact) mass is 243 g/mol. The summed E-state index contributed by atoms with van der Waals surface area (Å²) in [5.74, 6) is -1.49. The third kappa shape index (κ3) is 4.00. The predicted molar refractivity (Wildman–Crippen MR) is 62.3 cm³/mol. The number of hydrogen-bond donors (Lipinski definition) is 1. The van der Waals surface area contributed by atoms with E-state index in [0.717, 1.165) is 12.8 Å². The molecule has 0 bridgehead atoms. The second-order valence-corrected chi connectivity index (χ2v) is 4.64. The van der Waals surface area contributed by atoms with Crippen LogP contribution in [0.15, 0.2) is 0 Å². The fraction of sp³-hybridized carbons (Fsp3) is 0.833. The van der Waals surface area contributed by atoms with Gasteiger partial charge in [-0.3, -0.25) is 9.59 Å². The number of esters is 1. The molecule has 0 aromatic carbocycles. The van der Waals surface area contributed by atoms with E-state index in [2.05, 4.69) is 10.1 Å². The molecular weight excluding hydrogens is 222 g/mol. The minimum absolute atomic E-state index is 0.0673. The van der Waals surface area contributed by atoms with Gasteiger partial charge in [0.25, 0.3) is 0 Å². The zero-order chi connectivity index (χ0) is 12.8. The molecule has 1 unspecified atom stereocenters. The molecule has 0 aromatic rings. The molecule has 0 aromatic heterocycles. The number of ether oxygens (including phenoxy) is 2. The van der Waals surface area contributed by atoms with Gasteiger partial charge in [-0.25, -0.2) is 0 Å². The van der Waals surface area contributed by atoms with Gasteiger partial charge in [-0.1, -0.05) is 13.8 Å². The van der Waals surface area contributed by atoms with Gasteiger partial charge in [0.15, 0.2) is 0 Å².